The highest BCUT2D eigenvalue weighted by atomic mass is 32.1. The summed E-state index contributed by atoms with van der Waals surface area (Å²) in [5, 5.41) is 5.88. The molecule has 0 heterocycles. The molecule has 0 aliphatic carbocycles. The van der Waals surface area contributed by atoms with Gasteiger partial charge in [-0.25, -0.2) is 0 Å². The first kappa shape index (κ1) is 24.1. The minimum Gasteiger partial charge on any atom is -0.332 e. The molecule has 0 saturated carbocycles. The molecule has 2 amide bonds. The Kier molecular flexibility index (Phi) is 7.61. The Hall–Kier alpha value is -3.51. The van der Waals surface area contributed by atoms with Crippen LogP contribution in [-0.2, 0) is 5.41 Å². The van der Waals surface area contributed by atoms with Crippen molar-refractivity contribution in [1.29, 1.82) is 0 Å². The molecule has 0 aromatic heterocycles. The van der Waals surface area contributed by atoms with Gasteiger partial charge in [-0.3, -0.25) is 14.9 Å². The third-order valence-corrected chi connectivity index (χ3v) is 5.46. The van der Waals surface area contributed by atoms with Gasteiger partial charge >= 0.3 is 0 Å². The quantitative estimate of drug-likeness (QED) is 0.475. The second kappa shape index (κ2) is 10.4. The number of rotatable bonds is 5. The van der Waals surface area contributed by atoms with Crippen molar-refractivity contribution >= 4 is 40.5 Å². The van der Waals surface area contributed by atoms with E-state index in [-0.39, 0.29) is 22.3 Å². The maximum absolute atomic E-state index is 12.9. The van der Waals surface area contributed by atoms with Crippen LogP contribution in [-0.4, -0.2) is 23.5 Å². The third-order valence-electron chi connectivity index (χ3n) is 5.26. The van der Waals surface area contributed by atoms with Crippen molar-refractivity contribution in [2.75, 3.05) is 16.8 Å². The molecule has 0 unspecified atom stereocenters. The highest BCUT2D eigenvalue weighted by Crippen LogP contribution is 2.22. The van der Waals surface area contributed by atoms with Crippen LogP contribution < -0.4 is 15.5 Å². The number of hydrogen-bond acceptors (Lipinski definition) is 3. The number of para-hydroxylation sites is 1. The molecule has 170 valence electrons. The second-order valence-electron chi connectivity index (χ2n) is 8.70. The Balaban J connectivity index is 1.60. The number of amides is 2. The molecular formula is C27H29N3O2S. The molecule has 0 saturated heterocycles. The van der Waals surface area contributed by atoms with Crippen molar-refractivity contribution in [3.05, 3.63) is 95.6 Å². The topological polar surface area (TPSA) is 61.4 Å². The molecule has 0 radical (unpaired) electrons. The Morgan fingerprint density at radius 1 is 0.848 bits per heavy atom. The molecule has 5 nitrogen and oxygen atoms in total. The molecule has 0 spiro atoms. The summed E-state index contributed by atoms with van der Waals surface area (Å²) >= 11 is 5.29. The maximum Gasteiger partial charge on any atom is 0.258 e. The lowest BCUT2D eigenvalue weighted by Gasteiger charge is -2.21. The monoisotopic (exact) mass is 459 g/mol. The van der Waals surface area contributed by atoms with E-state index >= 15 is 0 Å². The number of hydrogen-bond donors (Lipinski definition) is 2. The summed E-state index contributed by atoms with van der Waals surface area (Å²) in [4.78, 5) is 27.1. The number of benzene rings is 3. The van der Waals surface area contributed by atoms with Gasteiger partial charge in [0.25, 0.3) is 11.8 Å². The Bertz CT molecular complexity index is 1120. The minimum absolute atomic E-state index is 0.0225. The summed E-state index contributed by atoms with van der Waals surface area (Å²) < 4.78 is 0. The number of nitrogens with zero attached hydrogens (tertiary/aromatic N) is 1. The second-order valence-corrected chi connectivity index (χ2v) is 9.11. The van der Waals surface area contributed by atoms with Crippen LogP contribution in [0.2, 0.25) is 0 Å². The zero-order valence-corrected chi connectivity index (χ0v) is 20.2. The Morgan fingerprint density at radius 2 is 1.42 bits per heavy atom. The molecule has 3 aromatic carbocycles. The molecule has 0 aliphatic rings. The summed E-state index contributed by atoms with van der Waals surface area (Å²) in [5.74, 6) is -0.356. The van der Waals surface area contributed by atoms with Crippen LogP contribution >= 0.6 is 12.2 Å². The largest absolute Gasteiger partial charge is 0.332 e. The number of thiocarbonyl (C=S) groups is 1. The van der Waals surface area contributed by atoms with Crippen LogP contribution in [0.15, 0.2) is 78.9 Å². The van der Waals surface area contributed by atoms with Gasteiger partial charge in [0.15, 0.2) is 5.11 Å². The van der Waals surface area contributed by atoms with Gasteiger partial charge in [0.05, 0.1) is 0 Å². The van der Waals surface area contributed by atoms with Crippen LogP contribution in [0.3, 0.4) is 0 Å². The first-order valence-electron chi connectivity index (χ1n) is 10.9. The summed E-state index contributed by atoms with van der Waals surface area (Å²) in [6.07, 6.45) is 0. The third kappa shape index (κ3) is 6.26. The van der Waals surface area contributed by atoms with E-state index < -0.39 is 0 Å². The van der Waals surface area contributed by atoms with Crippen molar-refractivity contribution in [3.8, 4) is 0 Å². The van der Waals surface area contributed by atoms with Crippen molar-refractivity contribution in [2.45, 2.75) is 33.1 Å². The lowest BCUT2D eigenvalue weighted by Crippen LogP contribution is -2.34. The first-order valence-corrected chi connectivity index (χ1v) is 11.3. The summed E-state index contributed by atoms with van der Waals surface area (Å²) in [5.41, 5.74) is 3.82. The smallest absolute Gasteiger partial charge is 0.258 e. The van der Waals surface area contributed by atoms with Crippen molar-refractivity contribution < 1.29 is 9.59 Å². The zero-order chi connectivity index (χ0) is 24.0. The molecule has 33 heavy (non-hydrogen) atoms. The average molecular weight is 460 g/mol. The van der Waals surface area contributed by atoms with E-state index in [0.717, 1.165) is 11.3 Å². The maximum atomic E-state index is 12.9. The van der Waals surface area contributed by atoms with E-state index in [4.69, 9.17) is 12.2 Å². The van der Waals surface area contributed by atoms with E-state index in [1.54, 1.807) is 41.3 Å². The van der Waals surface area contributed by atoms with Gasteiger partial charge < -0.3 is 10.2 Å². The van der Waals surface area contributed by atoms with Crippen molar-refractivity contribution in [3.63, 3.8) is 0 Å². The number of carbonyl (C=O) groups excluding carboxylic acids is 2. The van der Waals surface area contributed by atoms with Crippen molar-refractivity contribution in [2.24, 2.45) is 0 Å². The molecule has 2 N–H and O–H groups in total. The predicted octanol–water partition coefficient (Wildman–Crippen LogP) is 5.78. The highest BCUT2D eigenvalue weighted by Gasteiger charge is 2.17. The van der Waals surface area contributed by atoms with E-state index in [1.165, 1.54) is 0 Å². The van der Waals surface area contributed by atoms with Crippen LogP contribution in [0.4, 0.5) is 11.4 Å². The van der Waals surface area contributed by atoms with Gasteiger partial charge in [0.1, 0.15) is 0 Å². The number of carbonyl (C=O) groups is 2. The highest BCUT2D eigenvalue weighted by molar-refractivity contribution is 7.80. The molecule has 3 aromatic rings. The summed E-state index contributed by atoms with van der Waals surface area (Å²) in [6.45, 7) is 8.89. The van der Waals surface area contributed by atoms with Crippen LogP contribution in [0.25, 0.3) is 0 Å². The summed E-state index contributed by atoms with van der Waals surface area (Å²) in [7, 11) is 0. The van der Waals surface area contributed by atoms with Gasteiger partial charge in [-0.05, 0) is 78.7 Å². The average Bonchev–Trinajstić information content (AvgIpc) is 2.80. The summed E-state index contributed by atoms with van der Waals surface area (Å²) in [6, 6.07) is 24.1. The zero-order valence-electron chi connectivity index (χ0n) is 19.4. The molecule has 0 atom stereocenters. The van der Waals surface area contributed by atoms with E-state index in [1.807, 2.05) is 49.4 Å². The normalized spacial score (nSPS) is 10.9. The molecule has 6 heteroatoms. The fourth-order valence-electron chi connectivity index (χ4n) is 3.36. The Morgan fingerprint density at radius 3 is 1.97 bits per heavy atom. The van der Waals surface area contributed by atoms with Gasteiger partial charge in [-0.15, -0.1) is 0 Å². The number of anilines is 2. The molecular weight excluding hydrogens is 430 g/mol. The van der Waals surface area contributed by atoms with Gasteiger partial charge in [-0.2, -0.15) is 0 Å². The van der Waals surface area contributed by atoms with E-state index in [0.29, 0.717) is 23.4 Å². The van der Waals surface area contributed by atoms with Crippen LogP contribution in [0.5, 0.6) is 0 Å². The lowest BCUT2D eigenvalue weighted by atomic mass is 9.87. The standard InChI is InChI=1S/C27H29N3O2S/c1-5-30(23-9-7-6-8-10-23)25(32)20-13-17-22(18-14-20)28-26(33)29-24(31)19-11-15-21(16-12-19)27(2,3)4/h6-18H,5H2,1-4H3,(H2,28,29,31,33). The van der Waals surface area contributed by atoms with Gasteiger partial charge in [0, 0.05) is 29.0 Å². The first-order chi connectivity index (χ1) is 15.7. The van der Waals surface area contributed by atoms with Crippen LogP contribution in [0, 0.1) is 0 Å². The van der Waals surface area contributed by atoms with Gasteiger partial charge in [0.2, 0.25) is 0 Å². The lowest BCUT2D eigenvalue weighted by molar-refractivity contribution is 0.0973. The fraction of sp³-hybridized carbons (Fsp3) is 0.222. The molecule has 0 fully saturated rings. The Labute approximate surface area is 200 Å². The van der Waals surface area contributed by atoms with Crippen LogP contribution in [0.1, 0.15) is 54.0 Å². The SMILES string of the molecule is CCN(C(=O)c1ccc(NC(=S)NC(=O)c2ccc(C(C)(C)C)cc2)cc1)c1ccccc1. The molecule has 3 rings (SSSR count). The molecule has 0 bridgehead atoms. The van der Waals surface area contributed by atoms with Gasteiger partial charge in [-0.1, -0.05) is 51.1 Å². The van der Waals surface area contributed by atoms with Crippen molar-refractivity contribution in [1.82, 2.24) is 5.32 Å². The minimum atomic E-state index is -0.277. The number of nitrogens with one attached hydrogen (secondary N) is 2. The fourth-order valence-corrected chi connectivity index (χ4v) is 3.57. The van der Waals surface area contributed by atoms with E-state index in [2.05, 4.69) is 31.4 Å². The van der Waals surface area contributed by atoms with E-state index in [9.17, 15) is 9.59 Å². The predicted molar refractivity (Wildman–Crippen MR) is 139 cm³/mol. The molecule has 0 aliphatic heterocycles.